The van der Waals surface area contributed by atoms with E-state index in [1.165, 1.54) is 38.5 Å². The number of rotatable bonds is 0. The van der Waals surface area contributed by atoms with Crippen LogP contribution in [0.3, 0.4) is 0 Å². The minimum absolute atomic E-state index is 0. The van der Waals surface area contributed by atoms with E-state index in [0.717, 1.165) is 35.5 Å². The van der Waals surface area contributed by atoms with Gasteiger partial charge in [0, 0.05) is 86.2 Å². The van der Waals surface area contributed by atoms with Gasteiger partial charge in [0.05, 0.1) is 11.1 Å². The summed E-state index contributed by atoms with van der Waals surface area (Å²) in [6, 6.07) is 0. The Morgan fingerprint density at radius 1 is 0.600 bits per heavy atom. The molecule has 0 atom stereocenters. The van der Waals surface area contributed by atoms with Gasteiger partial charge in [0.2, 0.25) is 0 Å². The first kappa shape index (κ1) is 27.8. The largest absolute Gasteiger partial charge is 1.00 e. The molecule has 0 aliphatic heterocycles. The van der Waals surface area contributed by atoms with Gasteiger partial charge >= 0.3 is 0 Å². The third-order valence-electron chi connectivity index (χ3n) is 8.33. The average Bonchev–Trinajstić information content (AvgIpc) is 2.51. The standard InChI is InChI=1S/2C10H17N.ClH.I2.H2O4S/c2*11-10-4-7-1-8(5-10)3-9(2-7)6-10;;1-2;1-5(2,3)4/h2*7-9H,1-6,11H2;1H;;(H2,1,2,3,4)/p-1. The molecule has 0 spiro atoms. The van der Waals surface area contributed by atoms with Crippen molar-refractivity contribution < 1.29 is 41.4 Å². The zero-order valence-corrected chi connectivity index (χ0v) is 23.4. The Labute approximate surface area is 211 Å². The van der Waals surface area contributed by atoms with E-state index in [0.29, 0.717) is 11.1 Å². The second kappa shape index (κ2) is 10.9. The van der Waals surface area contributed by atoms with Crippen molar-refractivity contribution in [2.24, 2.45) is 35.5 Å². The molecule has 0 aromatic carbocycles. The summed E-state index contributed by atoms with van der Waals surface area (Å²) >= 11 is 4.24. The first-order valence-electron chi connectivity index (χ1n) is 11.0. The molecule has 6 N–H and O–H groups in total. The molecule has 0 saturated heterocycles. The summed E-state index contributed by atoms with van der Waals surface area (Å²) in [4.78, 5) is 0. The van der Waals surface area contributed by atoms with E-state index in [1.54, 1.807) is 38.5 Å². The van der Waals surface area contributed by atoms with Crippen LogP contribution >= 0.6 is 37.2 Å². The van der Waals surface area contributed by atoms with E-state index in [1.807, 2.05) is 0 Å². The maximum absolute atomic E-state index is 8.52. The minimum atomic E-state index is -5.17. The van der Waals surface area contributed by atoms with E-state index in [9.17, 15) is 0 Å². The molecule has 8 saturated carbocycles. The molecule has 10 heteroatoms. The Morgan fingerprint density at radius 3 is 0.833 bits per heavy atom. The van der Waals surface area contributed by atoms with Crippen LogP contribution in [0.2, 0.25) is 0 Å². The Balaban J connectivity index is 0.000000162. The second-order valence-electron chi connectivity index (χ2n) is 11.2. The summed E-state index contributed by atoms with van der Waals surface area (Å²) in [5.74, 6) is 6.49. The van der Waals surface area contributed by atoms with Crippen LogP contribution < -0.4 is 23.9 Å². The van der Waals surface area contributed by atoms with Crippen molar-refractivity contribution in [3.05, 3.63) is 0 Å². The Hall–Kier alpha value is 1.54. The molecule has 8 fully saturated rings. The Bertz CT molecular complexity index is 559. The number of hydrogen-bond donors (Lipinski definition) is 2. The van der Waals surface area contributed by atoms with Crippen molar-refractivity contribution in [2.45, 2.75) is 88.1 Å². The molecule has 0 radical (unpaired) electrons. The van der Waals surface area contributed by atoms with Crippen LogP contribution in [0.5, 0.6) is 0 Å². The number of hydrogen-bond acceptors (Lipinski definition) is 4. The summed E-state index contributed by atoms with van der Waals surface area (Å²) in [6.07, 6.45) is 18.0. The molecule has 6 nitrogen and oxygen atoms in total. The summed E-state index contributed by atoms with van der Waals surface area (Å²) in [5.41, 5.74) is 9.96. The molecular weight excluding hydrogens is 654 g/mol. The van der Waals surface area contributed by atoms with Crippen LogP contribution in [0.25, 0.3) is 0 Å². The summed E-state index contributed by atoms with van der Waals surface area (Å²) in [6.45, 7) is 0. The highest BCUT2D eigenvalue weighted by Crippen LogP contribution is 2.54. The van der Waals surface area contributed by atoms with Crippen LogP contribution in [-0.2, 0) is 10.4 Å². The van der Waals surface area contributed by atoms with Gasteiger partial charge in [-0.05, 0) is 74.0 Å². The molecule has 8 aliphatic rings. The first-order chi connectivity index (χ1) is 13.5. The quantitative estimate of drug-likeness (QED) is 0.208. The molecule has 0 aromatic heterocycles. The van der Waals surface area contributed by atoms with Crippen molar-refractivity contribution in [3.8, 4) is 0 Å². The van der Waals surface area contributed by atoms with Crippen molar-refractivity contribution >= 4 is 47.6 Å². The molecule has 0 unspecified atom stereocenters. The van der Waals surface area contributed by atoms with Crippen molar-refractivity contribution in [1.29, 1.82) is 0 Å². The molecule has 0 heterocycles. The van der Waals surface area contributed by atoms with Crippen molar-refractivity contribution in [2.75, 3.05) is 0 Å². The molecular formula is C20H36ClI2N2O4S-. The Kier molecular flexibility index (Phi) is 10.1. The van der Waals surface area contributed by atoms with Crippen LogP contribution in [0.15, 0.2) is 0 Å². The smallest absolute Gasteiger partial charge is 0.0953 e. The van der Waals surface area contributed by atoms with Gasteiger partial charge in [-0.15, -0.1) is 0 Å². The fraction of sp³-hybridized carbons (Fsp3) is 1.00. The van der Waals surface area contributed by atoms with Gasteiger partial charge < -0.3 is 33.0 Å². The fourth-order valence-corrected chi connectivity index (χ4v) is 8.58. The van der Waals surface area contributed by atoms with Gasteiger partial charge in [-0.25, -0.2) is 0 Å². The predicted molar refractivity (Wildman–Crippen MR) is 126 cm³/mol. The van der Waals surface area contributed by atoms with Gasteiger partial charge in [-0.2, -0.15) is 0 Å². The highest BCUT2D eigenvalue weighted by atomic mass is 128. The normalized spacial score (nSPS) is 46.3. The first-order valence-corrected chi connectivity index (χ1v) is 18.6. The zero-order chi connectivity index (χ0) is 21.4. The minimum Gasteiger partial charge on any atom is -1.00 e. The highest BCUT2D eigenvalue weighted by molar-refractivity contribution is 15.0. The summed E-state index contributed by atoms with van der Waals surface area (Å²) < 4.78 is 34.1. The maximum Gasteiger partial charge on any atom is 0.0953 e. The maximum atomic E-state index is 8.52. The Morgan fingerprint density at radius 2 is 0.733 bits per heavy atom. The summed E-state index contributed by atoms with van der Waals surface area (Å²) in [7, 11) is -5.17. The molecule has 8 aliphatic carbocycles. The van der Waals surface area contributed by atoms with E-state index < -0.39 is 10.4 Å². The molecule has 8 rings (SSSR count). The van der Waals surface area contributed by atoms with Crippen LogP contribution in [0.1, 0.15) is 77.0 Å². The SMILES string of the molecule is II.O=S(=O)([O-])[O-].[Cl-].[NH3+]C12CC3CC(CC(C3)C1)C2.[NH3+]C12CC3CC(CC(C3)C1)C2. The third kappa shape index (κ3) is 7.80. The lowest BCUT2D eigenvalue weighted by Crippen LogP contribution is -3.00. The average molecular weight is 690 g/mol. The number of quaternary nitrogens is 2. The molecule has 178 valence electrons. The van der Waals surface area contributed by atoms with Gasteiger partial charge in [-0.3, -0.25) is 8.42 Å². The van der Waals surface area contributed by atoms with Gasteiger partial charge in [0.25, 0.3) is 0 Å². The van der Waals surface area contributed by atoms with Gasteiger partial charge in [0.15, 0.2) is 0 Å². The predicted octanol–water partition coefficient (Wildman–Crippen LogP) is -0.168. The second-order valence-corrected chi connectivity index (χ2v) is 12.1. The van der Waals surface area contributed by atoms with Crippen molar-refractivity contribution in [1.82, 2.24) is 0 Å². The summed E-state index contributed by atoms with van der Waals surface area (Å²) in [5, 5.41) is 0. The lowest BCUT2D eigenvalue weighted by molar-refractivity contribution is -0.505. The molecule has 0 amide bonds. The fourth-order valence-electron chi connectivity index (χ4n) is 8.58. The van der Waals surface area contributed by atoms with Crippen LogP contribution in [0, 0.1) is 35.5 Å². The van der Waals surface area contributed by atoms with E-state index in [2.05, 4.69) is 48.7 Å². The van der Waals surface area contributed by atoms with Crippen LogP contribution in [0.4, 0.5) is 0 Å². The molecule has 8 bridgehead atoms. The third-order valence-corrected chi connectivity index (χ3v) is 8.33. The van der Waals surface area contributed by atoms with Crippen LogP contribution in [-0.4, -0.2) is 28.6 Å². The topological polar surface area (TPSA) is 136 Å². The van der Waals surface area contributed by atoms with E-state index >= 15 is 0 Å². The molecule has 30 heavy (non-hydrogen) atoms. The van der Waals surface area contributed by atoms with Gasteiger partial charge in [-0.1, -0.05) is 0 Å². The number of halogens is 3. The van der Waals surface area contributed by atoms with Gasteiger partial charge in [0.1, 0.15) is 0 Å². The van der Waals surface area contributed by atoms with E-state index in [-0.39, 0.29) is 12.4 Å². The monoisotopic (exact) mass is 689 g/mol. The zero-order valence-electron chi connectivity index (χ0n) is 17.5. The lowest BCUT2D eigenvalue weighted by atomic mass is 9.53. The molecule has 0 aromatic rings. The highest BCUT2D eigenvalue weighted by Gasteiger charge is 2.52. The van der Waals surface area contributed by atoms with E-state index in [4.69, 9.17) is 17.5 Å². The lowest BCUT2D eigenvalue weighted by Gasteiger charge is -2.52. The van der Waals surface area contributed by atoms with Crippen molar-refractivity contribution in [3.63, 3.8) is 0 Å².